The van der Waals surface area contributed by atoms with Crippen LogP contribution in [0.5, 0.6) is 0 Å². The smallest absolute Gasteiger partial charge is 0.0317 e. The quantitative estimate of drug-likeness (QED) is 0.757. The highest BCUT2D eigenvalue weighted by Gasteiger charge is 2.02. The van der Waals surface area contributed by atoms with Crippen molar-refractivity contribution in [3.05, 3.63) is 59.7 Å². The first-order chi connectivity index (χ1) is 7.60. The van der Waals surface area contributed by atoms with Crippen molar-refractivity contribution in [3.63, 3.8) is 0 Å². The molecular weight excluding hydrogens is 194 g/mol. The van der Waals surface area contributed by atoms with Crippen molar-refractivity contribution in [2.45, 2.75) is 20.8 Å². The minimum Gasteiger partial charge on any atom is -0.399 e. The first kappa shape index (κ1) is 12.3. The van der Waals surface area contributed by atoms with Crippen LogP contribution in [0.15, 0.2) is 43.0 Å². The van der Waals surface area contributed by atoms with Crippen molar-refractivity contribution in [3.8, 4) is 0 Å². The zero-order valence-electron chi connectivity index (χ0n) is 10.2. The molecule has 0 saturated heterocycles. The summed E-state index contributed by atoms with van der Waals surface area (Å²) in [6, 6.07) is 6.25. The predicted molar refractivity (Wildman–Crippen MR) is 72.9 cm³/mol. The molecule has 0 aliphatic rings. The lowest BCUT2D eigenvalue weighted by atomic mass is 9.98. The van der Waals surface area contributed by atoms with Gasteiger partial charge in [0.25, 0.3) is 0 Å². The zero-order chi connectivity index (χ0) is 12.1. The molecule has 1 nitrogen and oxygen atoms in total. The fraction of sp³-hybridized carbons (Fsp3) is 0.200. The highest BCUT2D eigenvalue weighted by Crippen LogP contribution is 2.21. The third-order valence-electron chi connectivity index (χ3n) is 2.56. The van der Waals surface area contributed by atoms with Gasteiger partial charge in [-0.1, -0.05) is 43.0 Å². The number of benzene rings is 1. The molecule has 0 aromatic heterocycles. The Kier molecular flexibility index (Phi) is 4.12. The second-order valence-corrected chi connectivity index (χ2v) is 3.80. The number of hydrogen-bond acceptors (Lipinski definition) is 1. The van der Waals surface area contributed by atoms with Crippen LogP contribution in [0.4, 0.5) is 0 Å². The molecule has 0 fully saturated rings. The summed E-state index contributed by atoms with van der Waals surface area (Å²) in [4.78, 5) is 0. The predicted octanol–water partition coefficient (Wildman–Crippen LogP) is 3.90. The van der Waals surface area contributed by atoms with E-state index in [4.69, 9.17) is 5.73 Å². The van der Waals surface area contributed by atoms with Crippen molar-refractivity contribution in [2.75, 3.05) is 0 Å². The van der Waals surface area contributed by atoms with Gasteiger partial charge in [0.2, 0.25) is 0 Å². The van der Waals surface area contributed by atoms with E-state index >= 15 is 0 Å². The summed E-state index contributed by atoms with van der Waals surface area (Å²) in [6.07, 6.45) is 6.25. The van der Waals surface area contributed by atoms with E-state index in [1.807, 2.05) is 26.0 Å². The fourth-order valence-corrected chi connectivity index (χ4v) is 1.74. The molecule has 0 heterocycles. The number of nitrogens with two attached hydrogens (primary N) is 1. The Morgan fingerprint density at radius 1 is 1.31 bits per heavy atom. The lowest BCUT2D eigenvalue weighted by Crippen LogP contribution is -1.97. The van der Waals surface area contributed by atoms with Gasteiger partial charge in [-0.25, -0.2) is 0 Å². The SMILES string of the molecule is C=C(N)c1ccc(C(/C=C\C)=C/C)cc1C. The summed E-state index contributed by atoms with van der Waals surface area (Å²) in [5.74, 6) is 0. The second-order valence-electron chi connectivity index (χ2n) is 3.80. The molecule has 0 atom stereocenters. The molecule has 0 aliphatic heterocycles. The lowest BCUT2D eigenvalue weighted by molar-refractivity contribution is 1.38. The van der Waals surface area contributed by atoms with Crippen molar-refractivity contribution in [1.82, 2.24) is 0 Å². The Labute approximate surface area is 98.0 Å². The van der Waals surface area contributed by atoms with Gasteiger partial charge in [0.05, 0.1) is 0 Å². The van der Waals surface area contributed by atoms with Crippen LogP contribution in [-0.4, -0.2) is 0 Å². The Bertz CT molecular complexity index is 451. The van der Waals surface area contributed by atoms with Gasteiger partial charge in [-0.15, -0.1) is 0 Å². The summed E-state index contributed by atoms with van der Waals surface area (Å²) >= 11 is 0. The fourth-order valence-electron chi connectivity index (χ4n) is 1.74. The molecule has 0 spiro atoms. The van der Waals surface area contributed by atoms with Crippen molar-refractivity contribution in [1.29, 1.82) is 0 Å². The van der Waals surface area contributed by atoms with Gasteiger partial charge in [-0.05, 0) is 43.0 Å². The van der Waals surface area contributed by atoms with Crippen molar-refractivity contribution < 1.29 is 0 Å². The summed E-state index contributed by atoms with van der Waals surface area (Å²) in [6.45, 7) is 9.88. The highest BCUT2D eigenvalue weighted by atomic mass is 14.6. The molecule has 1 aromatic rings. The average Bonchev–Trinajstić information content (AvgIpc) is 2.25. The number of hydrogen-bond donors (Lipinski definition) is 1. The van der Waals surface area contributed by atoms with E-state index in [9.17, 15) is 0 Å². The van der Waals surface area contributed by atoms with Crippen LogP contribution >= 0.6 is 0 Å². The normalized spacial score (nSPS) is 12.1. The van der Waals surface area contributed by atoms with E-state index in [1.165, 1.54) is 11.1 Å². The van der Waals surface area contributed by atoms with Gasteiger partial charge in [0, 0.05) is 5.70 Å². The van der Waals surface area contributed by atoms with Gasteiger partial charge >= 0.3 is 0 Å². The van der Waals surface area contributed by atoms with Crippen LogP contribution < -0.4 is 5.73 Å². The molecule has 1 aromatic carbocycles. The van der Waals surface area contributed by atoms with Crippen LogP contribution in [0, 0.1) is 6.92 Å². The molecule has 84 valence electrons. The Balaban J connectivity index is 3.20. The topological polar surface area (TPSA) is 26.0 Å². The Hall–Kier alpha value is -1.76. The first-order valence-corrected chi connectivity index (χ1v) is 5.45. The molecule has 16 heavy (non-hydrogen) atoms. The number of allylic oxidation sites excluding steroid dienone is 4. The molecule has 1 heteroatoms. The maximum atomic E-state index is 5.71. The van der Waals surface area contributed by atoms with Crippen LogP contribution in [-0.2, 0) is 0 Å². The van der Waals surface area contributed by atoms with E-state index in [2.05, 4.69) is 37.8 Å². The molecule has 0 unspecified atom stereocenters. The van der Waals surface area contributed by atoms with Gasteiger partial charge in [-0.3, -0.25) is 0 Å². The van der Waals surface area contributed by atoms with Crippen LogP contribution in [0.2, 0.25) is 0 Å². The van der Waals surface area contributed by atoms with E-state index in [0.29, 0.717) is 5.70 Å². The maximum Gasteiger partial charge on any atom is 0.0317 e. The van der Waals surface area contributed by atoms with E-state index in [1.54, 1.807) is 0 Å². The molecule has 0 amide bonds. The molecule has 1 rings (SSSR count). The average molecular weight is 213 g/mol. The Morgan fingerprint density at radius 2 is 2.00 bits per heavy atom. The molecular formula is C15H19N. The minimum absolute atomic E-state index is 0.622. The van der Waals surface area contributed by atoms with Gasteiger partial charge in [0.1, 0.15) is 0 Å². The number of rotatable bonds is 3. The van der Waals surface area contributed by atoms with Crippen molar-refractivity contribution >= 4 is 11.3 Å². The third kappa shape index (κ3) is 2.63. The monoisotopic (exact) mass is 213 g/mol. The molecule has 0 aliphatic carbocycles. The summed E-state index contributed by atoms with van der Waals surface area (Å²) in [5, 5.41) is 0. The summed E-state index contributed by atoms with van der Waals surface area (Å²) in [5.41, 5.74) is 11.0. The van der Waals surface area contributed by atoms with Crippen molar-refractivity contribution in [2.24, 2.45) is 5.73 Å². The summed E-state index contributed by atoms with van der Waals surface area (Å²) in [7, 11) is 0. The Morgan fingerprint density at radius 3 is 2.44 bits per heavy atom. The maximum absolute atomic E-state index is 5.71. The van der Waals surface area contributed by atoms with E-state index < -0.39 is 0 Å². The van der Waals surface area contributed by atoms with Gasteiger partial charge < -0.3 is 5.73 Å². The largest absolute Gasteiger partial charge is 0.399 e. The van der Waals surface area contributed by atoms with Crippen LogP contribution in [0.1, 0.15) is 30.5 Å². The number of aryl methyl sites for hydroxylation is 1. The molecule has 0 radical (unpaired) electrons. The minimum atomic E-state index is 0.622. The first-order valence-electron chi connectivity index (χ1n) is 5.45. The van der Waals surface area contributed by atoms with Gasteiger partial charge in [-0.2, -0.15) is 0 Å². The second kappa shape index (κ2) is 5.36. The van der Waals surface area contributed by atoms with Crippen LogP contribution in [0.25, 0.3) is 11.3 Å². The highest BCUT2D eigenvalue weighted by molar-refractivity contribution is 5.76. The zero-order valence-corrected chi connectivity index (χ0v) is 10.2. The third-order valence-corrected chi connectivity index (χ3v) is 2.56. The van der Waals surface area contributed by atoms with Crippen LogP contribution in [0.3, 0.4) is 0 Å². The lowest BCUT2D eigenvalue weighted by Gasteiger charge is -2.08. The van der Waals surface area contributed by atoms with E-state index in [-0.39, 0.29) is 0 Å². The van der Waals surface area contributed by atoms with E-state index in [0.717, 1.165) is 11.1 Å². The van der Waals surface area contributed by atoms with Gasteiger partial charge in [0.15, 0.2) is 0 Å². The molecule has 2 N–H and O–H groups in total. The molecule has 0 saturated carbocycles. The summed E-state index contributed by atoms with van der Waals surface area (Å²) < 4.78 is 0. The standard InChI is InChI=1S/C15H19N/c1-5-7-13(6-2)14-8-9-15(12(4)16)11(3)10-14/h5-10H,4,16H2,1-3H3/b7-5-,13-6+. The molecule has 0 bridgehead atoms.